The molecule has 0 aliphatic rings. The molecule has 17 heavy (non-hydrogen) atoms. The molecule has 98 valence electrons. The molecule has 0 aromatic carbocycles. The first kappa shape index (κ1) is 14.1. The Labute approximate surface area is 105 Å². The number of aromatic amines is 1. The lowest BCUT2D eigenvalue weighted by Crippen LogP contribution is -2.10. The van der Waals surface area contributed by atoms with Crippen LogP contribution in [0.1, 0.15) is 58.7 Å². The molecule has 3 nitrogen and oxygen atoms in total. The smallest absolute Gasteiger partial charge is 0.151 e. The van der Waals surface area contributed by atoms with Crippen LogP contribution in [-0.4, -0.2) is 16.7 Å². The van der Waals surface area contributed by atoms with E-state index in [4.69, 9.17) is 0 Å². The van der Waals surface area contributed by atoms with E-state index in [1.165, 1.54) is 11.3 Å². The van der Waals surface area contributed by atoms with E-state index in [1.54, 1.807) is 0 Å². The van der Waals surface area contributed by atoms with Crippen LogP contribution < -0.4 is 5.32 Å². The molecule has 1 heterocycles. The molecule has 1 aromatic heterocycles. The van der Waals surface area contributed by atoms with Crippen molar-refractivity contribution in [3.63, 3.8) is 0 Å². The van der Waals surface area contributed by atoms with Crippen LogP contribution in [0.5, 0.6) is 0 Å². The average molecular weight is 237 g/mol. The van der Waals surface area contributed by atoms with Gasteiger partial charge in [0, 0.05) is 17.8 Å². The number of hydrogen-bond acceptors (Lipinski definition) is 2. The lowest BCUT2D eigenvalue weighted by atomic mass is 9.97. The zero-order chi connectivity index (χ0) is 13.0. The van der Waals surface area contributed by atoms with Gasteiger partial charge in [-0.05, 0) is 24.2 Å². The molecule has 0 atom stereocenters. The van der Waals surface area contributed by atoms with Gasteiger partial charge in [0.25, 0.3) is 0 Å². The van der Waals surface area contributed by atoms with Gasteiger partial charge in [-0.15, -0.1) is 0 Å². The van der Waals surface area contributed by atoms with Crippen LogP contribution >= 0.6 is 0 Å². The van der Waals surface area contributed by atoms with Crippen molar-refractivity contribution in [2.45, 2.75) is 53.9 Å². The molecule has 0 aliphatic heterocycles. The summed E-state index contributed by atoms with van der Waals surface area (Å²) in [6.45, 7) is 14.3. The Kier molecular flexibility index (Phi) is 5.03. The third-order valence-electron chi connectivity index (χ3n) is 2.75. The first-order valence-corrected chi connectivity index (χ1v) is 6.72. The third kappa shape index (κ3) is 4.06. The lowest BCUT2D eigenvalue weighted by Gasteiger charge is -2.13. The third-order valence-corrected chi connectivity index (χ3v) is 2.75. The zero-order valence-electron chi connectivity index (χ0n) is 12.1. The normalized spacial score (nSPS) is 11.8. The number of nitrogens with one attached hydrogen (secondary N) is 2. The predicted molar refractivity (Wildman–Crippen MR) is 74.5 cm³/mol. The van der Waals surface area contributed by atoms with Crippen molar-refractivity contribution in [3.8, 4) is 0 Å². The Morgan fingerprint density at radius 2 is 1.71 bits per heavy atom. The highest BCUT2D eigenvalue weighted by Gasteiger charge is 2.16. The Bertz CT molecular complexity index is 337. The molecule has 0 saturated carbocycles. The summed E-state index contributed by atoms with van der Waals surface area (Å²) in [4.78, 5) is 0. The van der Waals surface area contributed by atoms with Crippen LogP contribution in [-0.2, 0) is 6.42 Å². The van der Waals surface area contributed by atoms with E-state index < -0.39 is 0 Å². The largest absolute Gasteiger partial charge is 0.368 e. The van der Waals surface area contributed by atoms with Crippen molar-refractivity contribution in [2.24, 2.45) is 11.8 Å². The molecule has 0 amide bonds. The van der Waals surface area contributed by atoms with Gasteiger partial charge in [-0.2, -0.15) is 5.10 Å². The Balaban J connectivity index is 2.86. The number of hydrogen-bond donors (Lipinski definition) is 2. The molecular formula is C14H27N3. The van der Waals surface area contributed by atoms with E-state index >= 15 is 0 Å². The maximum Gasteiger partial charge on any atom is 0.151 e. The SMILES string of the molecule is CC(C)CNc1n[nH]c(CC(C)C)c1C(C)C. The van der Waals surface area contributed by atoms with E-state index in [2.05, 4.69) is 57.1 Å². The Morgan fingerprint density at radius 1 is 1.06 bits per heavy atom. The first-order valence-electron chi connectivity index (χ1n) is 6.72. The van der Waals surface area contributed by atoms with E-state index in [1.807, 2.05) is 0 Å². The Hall–Kier alpha value is -0.990. The fraction of sp³-hybridized carbons (Fsp3) is 0.786. The standard InChI is InChI=1S/C14H27N3/c1-9(2)7-12-13(11(5)6)14(17-16-12)15-8-10(3)4/h9-11H,7-8H2,1-6H3,(H2,15,16,17). The summed E-state index contributed by atoms with van der Waals surface area (Å²) in [6.07, 6.45) is 1.07. The lowest BCUT2D eigenvalue weighted by molar-refractivity contribution is 0.626. The second-order valence-corrected chi connectivity index (χ2v) is 5.99. The topological polar surface area (TPSA) is 40.7 Å². The number of H-pyrrole nitrogens is 1. The van der Waals surface area contributed by atoms with E-state index in [-0.39, 0.29) is 0 Å². The van der Waals surface area contributed by atoms with Crippen LogP contribution in [0.2, 0.25) is 0 Å². The molecule has 3 heteroatoms. The van der Waals surface area contributed by atoms with Crippen molar-refractivity contribution < 1.29 is 0 Å². The summed E-state index contributed by atoms with van der Waals surface area (Å²) in [6, 6.07) is 0. The van der Waals surface area contributed by atoms with Gasteiger partial charge >= 0.3 is 0 Å². The molecular weight excluding hydrogens is 210 g/mol. The second kappa shape index (κ2) is 6.08. The first-order chi connectivity index (χ1) is 7.91. The number of aromatic nitrogens is 2. The summed E-state index contributed by atoms with van der Waals surface area (Å²) in [5, 5.41) is 11.1. The minimum atomic E-state index is 0.511. The van der Waals surface area contributed by atoms with Crippen LogP contribution in [0.4, 0.5) is 5.82 Å². The monoisotopic (exact) mass is 237 g/mol. The van der Waals surface area contributed by atoms with Crippen molar-refractivity contribution in [3.05, 3.63) is 11.3 Å². The molecule has 0 spiro atoms. The van der Waals surface area contributed by atoms with Gasteiger partial charge in [-0.1, -0.05) is 41.5 Å². The quantitative estimate of drug-likeness (QED) is 0.790. The van der Waals surface area contributed by atoms with Crippen LogP contribution in [0, 0.1) is 11.8 Å². The van der Waals surface area contributed by atoms with Gasteiger partial charge in [0.1, 0.15) is 0 Å². The molecule has 1 aromatic rings. The van der Waals surface area contributed by atoms with Gasteiger partial charge in [0.15, 0.2) is 5.82 Å². The maximum atomic E-state index is 4.43. The number of rotatable bonds is 6. The van der Waals surface area contributed by atoms with Gasteiger partial charge < -0.3 is 5.32 Å². The van der Waals surface area contributed by atoms with Crippen molar-refractivity contribution >= 4 is 5.82 Å². The summed E-state index contributed by atoms with van der Waals surface area (Å²) in [5.74, 6) is 2.85. The van der Waals surface area contributed by atoms with Gasteiger partial charge in [0.05, 0.1) is 0 Å². The maximum absolute atomic E-state index is 4.43. The molecule has 1 rings (SSSR count). The molecule has 2 N–H and O–H groups in total. The highest BCUT2D eigenvalue weighted by molar-refractivity contribution is 5.48. The van der Waals surface area contributed by atoms with Crippen molar-refractivity contribution in [2.75, 3.05) is 11.9 Å². The summed E-state index contributed by atoms with van der Waals surface area (Å²) in [5.41, 5.74) is 2.65. The zero-order valence-corrected chi connectivity index (χ0v) is 12.1. The minimum absolute atomic E-state index is 0.511. The fourth-order valence-corrected chi connectivity index (χ4v) is 2.01. The van der Waals surface area contributed by atoms with Crippen molar-refractivity contribution in [1.82, 2.24) is 10.2 Å². The molecule has 0 radical (unpaired) electrons. The van der Waals surface area contributed by atoms with Gasteiger partial charge in [-0.25, -0.2) is 0 Å². The minimum Gasteiger partial charge on any atom is -0.368 e. The molecule has 0 bridgehead atoms. The van der Waals surface area contributed by atoms with Crippen LogP contribution in [0.3, 0.4) is 0 Å². The van der Waals surface area contributed by atoms with Crippen LogP contribution in [0.15, 0.2) is 0 Å². The predicted octanol–water partition coefficient (Wildman–Crippen LogP) is 3.80. The molecule has 0 saturated heterocycles. The highest BCUT2D eigenvalue weighted by Crippen LogP contribution is 2.27. The van der Waals surface area contributed by atoms with Gasteiger partial charge in [0.2, 0.25) is 0 Å². The van der Waals surface area contributed by atoms with Crippen molar-refractivity contribution in [1.29, 1.82) is 0 Å². The molecule has 0 fully saturated rings. The fourth-order valence-electron chi connectivity index (χ4n) is 2.01. The highest BCUT2D eigenvalue weighted by atomic mass is 15.2. The molecule has 0 unspecified atom stereocenters. The number of nitrogens with zero attached hydrogens (tertiary/aromatic N) is 1. The van der Waals surface area contributed by atoms with E-state index in [9.17, 15) is 0 Å². The van der Waals surface area contributed by atoms with E-state index in [0.29, 0.717) is 17.8 Å². The van der Waals surface area contributed by atoms with E-state index in [0.717, 1.165) is 18.8 Å². The van der Waals surface area contributed by atoms with Crippen LogP contribution in [0.25, 0.3) is 0 Å². The summed E-state index contributed by atoms with van der Waals surface area (Å²) >= 11 is 0. The summed E-state index contributed by atoms with van der Waals surface area (Å²) in [7, 11) is 0. The Morgan fingerprint density at radius 3 is 2.18 bits per heavy atom. The van der Waals surface area contributed by atoms with Gasteiger partial charge in [-0.3, -0.25) is 5.10 Å². The second-order valence-electron chi connectivity index (χ2n) is 5.99. The average Bonchev–Trinajstić information content (AvgIpc) is 2.56. The number of anilines is 1. The summed E-state index contributed by atoms with van der Waals surface area (Å²) < 4.78 is 0. The molecule has 0 aliphatic carbocycles.